The Labute approximate surface area is 143 Å². The first-order chi connectivity index (χ1) is 11.9. The molecule has 0 bridgehead atoms. The van der Waals surface area contributed by atoms with Crippen LogP contribution >= 0.6 is 0 Å². The zero-order valence-electron chi connectivity index (χ0n) is 13.6. The summed E-state index contributed by atoms with van der Waals surface area (Å²) in [5, 5.41) is 1.82. The highest BCUT2D eigenvalue weighted by Crippen LogP contribution is 2.36. The molecule has 0 spiro atoms. The van der Waals surface area contributed by atoms with Gasteiger partial charge >= 0.3 is 6.18 Å². The predicted molar refractivity (Wildman–Crippen MR) is 94.7 cm³/mol. The van der Waals surface area contributed by atoms with E-state index >= 15 is 0 Å². The number of rotatable bonds is 2. The quantitative estimate of drug-likeness (QED) is 0.411. The maximum atomic E-state index is 13.2. The summed E-state index contributed by atoms with van der Waals surface area (Å²) in [5.74, 6) is 0. The molecule has 0 saturated heterocycles. The number of alkyl halides is 3. The van der Waals surface area contributed by atoms with Crippen LogP contribution in [0.1, 0.15) is 16.7 Å². The number of benzene rings is 3. The van der Waals surface area contributed by atoms with Crippen LogP contribution in [0.5, 0.6) is 0 Å². The van der Waals surface area contributed by atoms with Gasteiger partial charge in [0.1, 0.15) is 0 Å². The van der Waals surface area contributed by atoms with Crippen molar-refractivity contribution in [3.05, 3.63) is 83.4 Å². The minimum atomic E-state index is -4.35. The van der Waals surface area contributed by atoms with E-state index in [1.807, 2.05) is 60.0 Å². The first kappa shape index (κ1) is 15.8. The Morgan fingerprint density at radius 2 is 1.44 bits per heavy atom. The first-order valence-corrected chi connectivity index (χ1v) is 8.07. The molecule has 0 aliphatic heterocycles. The minimum absolute atomic E-state index is 0.533. The third kappa shape index (κ3) is 2.78. The third-order valence-corrected chi connectivity index (χ3v) is 4.53. The van der Waals surface area contributed by atoms with Crippen molar-refractivity contribution < 1.29 is 13.2 Å². The number of aryl methyl sites for hydroxylation is 1. The largest absolute Gasteiger partial charge is 0.416 e. The number of halogens is 3. The van der Waals surface area contributed by atoms with Crippen LogP contribution in [0.25, 0.3) is 21.8 Å². The summed E-state index contributed by atoms with van der Waals surface area (Å²) in [6, 6.07) is 19.8. The van der Waals surface area contributed by atoms with Gasteiger partial charge in [-0.25, -0.2) is 0 Å². The van der Waals surface area contributed by atoms with Crippen molar-refractivity contribution in [1.82, 2.24) is 4.57 Å². The fourth-order valence-electron chi connectivity index (χ4n) is 3.32. The molecule has 0 N–H and O–H groups in total. The van der Waals surface area contributed by atoms with Gasteiger partial charge in [0.25, 0.3) is 0 Å². The molecule has 25 heavy (non-hydrogen) atoms. The molecule has 0 fully saturated rings. The normalized spacial score (nSPS) is 12.2. The van der Waals surface area contributed by atoms with Crippen LogP contribution in [0.4, 0.5) is 13.2 Å². The van der Waals surface area contributed by atoms with Gasteiger partial charge in [0, 0.05) is 22.8 Å². The molecule has 0 saturated carbocycles. The van der Waals surface area contributed by atoms with Gasteiger partial charge in [-0.3, -0.25) is 0 Å². The van der Waals surface area contributed by atoms with Crippen molar-refractivity contribution in [3.63, 3.8) is 0 Å². The highest BCUT2D eigenvalue weighted by atomic mass is 19.4. The van der Waals surface area contributed by atoms with Crippen molar-refractivity contribution in [1.29, 1.82) is 0 Å². The van der Waals surface area contributed by atoms with Crippen LogP contribution in [0, 0.1) is 6.92 Å². The standard InChI is InChI=1S/C21H16F3N/c1-14-7-9-17-18-10-8-16(21(22,23)24)12-20(18)25(19(17)11-14)13-15-5-3-2-4-6-15/h2-12H,13H2,1H3. The lowest BCUT2D eigenvalue weighted by Gasteiger charge is -2.10. The summed E-state index contributed by atoms with van der Waals surface area (Å²) in [5.41, 5.74) is 3.09. The van der Waals surface area contributed by atoms with E-state index in [1.54, 1.807) is 6.07 Å². The fraction of sp³-hybridized carbons (Fsp3) is 0.143. The van der Waals surface area contributed by atoms with Crippen LogP contribution in [-0.2, 0) is 12.7 Å². The zero-order valence-corrected chi connectivity index (χ0v) is 13.6. The van der Waals surface area contributed by atoms with E-state index in [0.717, 1.165) is 33.5 Å². The second-order valence-electron chi connectivity index (χ2n) is 6.32. The van der Waals surface area contributed by atoms with Crippen LogP contribution in [0.3, 0.4) is 0 Å². The molecule has 1 heterocycles. The molecule has 1 nitrogen and oxygen atoms in total. The van der Waals surface area contributed by atoms with Gasteiger partial charge in [0.05, 0.1) is 11.1 Å². The third-order valence-electron chi connectivity index (χ3n) is 4.53. The maximum Gasteiger partial charge on any atom is 0.416 e. The first-order valence-electron chi connectivity index (χ1n) is 8.07. The van der Waals surface area contributed by atoms with Crippen molar-refractivity contribution >= 4 is 21.8 Å². The molecular weight excluding hydrogens is 323 g/mol. The van der Waals surface area contributed by atoms with Gasteiger partial charge in [-0.15, -0.1) is 0 Å². The second-order valence-corrected chi connectivity index (χ2v) is 6.32. The molecule has 1 aromatic heterocycles. The molecule has 0 atom stereocenters. The van der Waals surface area contributed by atoms with E-state index in [1.165, 1.54) is 6.07 Å². The molecule has 4 rings (SSSR count). The van der Waals surface area contributed by atoms with Crippen LogP contribution in [0.15, 0.2) is 66.7 Å². The van der Waals surface area contributed by atoms with E-state index in [0.29, 0.717) is 12.1 Å². The Bertz CT molecular complexity index is 1060. The topological polar surface area (TPSA) is 4.93 Å². The Balaban J connectivity index is 2.02. The Kier molecular flexibility index (Phi) is 3.57. The molecule has 3 aromatic carbocycles. The smallest absolute Gasteiger partial charge is 0.336 e. The summed E-state index contributed by atoms with van der Waals surface area (Å²) in [6.07, 6.45) is -4.35. The number of nitrogens with zero attached hydrogens (tertiary/aromatic N) is 1. The van der Waals surface area contributed by atoms with Crippen LogP contribution in [-0.4, -0.2) is 4.57 Å². The average molecular weight is 339 g/mol. The molecule has 126 valence electrons. The Hall–Kier alpha value is -2.75. The molecule has 4 aromatic rings. The average Bonchev–Trinajstić information content (AvgIpc) is 2.88. The Morgan fingerprint density at radius 3 is 2.12 bits per heavy atom. The monoisotopic (exact) mass is 339 g/mol. The van der Waals surface area contributed by atoms with E-state index in [4.69, 9.17) is 0 Å². The highest BCUT2D eigenvalue weighted by molar-refractivity contribution is 6.08. The van der Waals surface area contributed by atoms with Gasteiger partial charge < -0.3 is 4.57 Å². The van der Waals surface area contributed by atoms with Crippen molar-refractivity contribution in [2.24, 2.45) is 0 Å². The number of aromatic nitrogens is 1. The summed E-state index contributed by atoms with van der Waals surface area (Å²) < 4.78 is 41.5. The van der Waals surface area contributed by atoms with Crippen molar-refractivity contribution in [2.45, 2.75) is 19.6 Å². The lowest BCUT2D eigenvalue weighted by atomic mass is 10.1. The summed E-state index contributed by atoms with van der Waals surface area (Å²) >= 11 is 0. The molecular formula is C21H16F3N. The molecule has 0 aliphatic rings. The SMILES string of the molecule is Cc1ccc2c3ccc(C(F)(F)F)cc3n(Cc3ccccc3)c2c1. The maximum absolute atomic E-state index is 13.2. The second kappa shape index (κ2) is 5.66. The van der Waals surface area contributed by atoms with Crippen molar-refractivity contribution in [3.8, 4) is 0 Å². The van der Waals surface area contributed by atoms with Gasteiger partial charge in [-0.1, -0.05) is 48.5 Å². The molecule has 0 unspecified atom stereocenters. The summed E-state index contributed by atoms with van der Waals surface area (Å²) in [6.45, 7) is 2.52. The number of hydrogen-bond donors (Lipinski definition) is 0. The predicted octanol–water partition coefficient (Wildman–Crippen LogP) is 6.17. The van der Waals surface area contributed by atoms with Gasteiger partial charge in [0.2, 0.25) is 0 Å². The van der Waals surface area contributed by atoms with E-state index < -0.39 is 11.7 Å². The van der Waals surface area contributed by atoms with E-state index in [2.05, 4.69) is 0 Å². The minimum Gasteiger partial charge on any atom is -0.336 e. The summed E-state index contributed by atoms with van der Waals surface area (Å²) in [7, 11) is 0. The van der Waals surface area contributed by atoms with Crippen LogP contribution < -0.4 is 0 Å². The van der Waals surface area contributed by atoms with Crippen LogP contribution in [0.2, 0.25) is 0 Å². The molecule has 0 radical (unpaired) electrons. The fourth-order valence-corrected chi connectivity index (χ4v) is 3.32. The Morgan fingerprint density at radius 1 is 0.800 bits per heavy atom. The lowest BCUT2D eigenvalue weighted by Crippen LogP contribution is -2.05. The highest BCUT2D eigenvalue weighted by Gasteiger charge is 2.31. The lowest BCUT2D eigenvalue weighted by molar-refractivity contribution is -0.137. The summed E-state index contributed by atoms with van der Waals surface area (Å²) in [4.78, 5) is 0. The number of fused-ring (bicyclic) bond motifs is 3. The van der Waals surface area contributed by atoms with Gasteiger partial charge in [-0.05, 0) is 36.2 Å². The van der Waals surface area contributed by atoms with Gasteiger partial charge in [0.15, 0.2) is 0 Å². The molecule has 4 heteroatoms. The van der Waals surface area contributed by atoms with E-state index in [-0.39, 0.29) is 0 Å². The number of hydrogen-bond acceptors (Lipinski definition) is 0. The molecule has 0 aliphatic carbocycles. The van der Waals surface area contributed by atoms with Gasteiger partial charge in [-0.2, -0.15) is 13.2 Å². The van der Waals surface area contributed by atoms with E-state index in [9.17, 15) is 13.2 Å². The van der Waals surface area contributed by atoms with Crippen molar-refractivity contribution in [2.75, 3.05) is 0 Å². The zero-order chi connectivity index (χ0) is 17.6. The molecule has 0 amide bonds.